The van der Waals surface area contributed by atoms with E-state index in [0.29, 0.717) is 12.3 Å². The van der Waals surface area contributed by atoms with Gasteiger partial charge < -0.3 is 14.6 Å². The maximum Gasteiger partial charge on any atom is 0.340 e. The number of aromatic nitrogens is 3. The Morgan fingerprint density at radius 2 is 1.81 bits per heavy atom. The maximum absolute atomic E-state index is 13.3. The van der Waals surface area contributed by atoms with Crippen LogP contribution < -0.4 is 5.32 Å². The van der Waals surface area contributed by atoms with Crippen molar-refractivity contribution in [3.8, 4) is 0 Å². The molecule has 0 unspecified atom stereocenters. The highest BCUT2D eigenvalue weighted by Gasteiger charge is 2.29. The summed E-state index contributed by atoms with van der Waals surface area (Å²) >= 11 is 0. The lowest BCUT2D eigenvalue weighted by Gasteiger charge is -2.21. The Labute approximate surface area is 217 Å². The first-order valence-electron chi connectivity index (χ1n) is 12.5. The predicted molar refractivity (Wildman–Crippen MR) is 139 cm³/mol. The summed E-state index contributed by atoms with van der Waals surface area (Å²) < 4.78 is 32.0. The Bertz CT molecular complexity index is 1310. The van der Waals surface area contributed by atoms with Crippen molar-refractivity contribution < 1.29 is 22.7 Å². The number of benzene rings is 1. The van der Waals surface area contributed by atoms with Crippen LogP contribution in [-0.4, -0.2) is 40.1 Å². The number of imidazole rings is 1. The molecule has 1 N–H and O–H groups in total. The van der Waals surface area contributed by atoms with Crippen LogP contribution in [0, 0.1) is 5.92 Å². The highest BCUT2D eigenvalue weighted by atomic mass is 32.2. The molecule has 1 saturated carbocycles. The lowest BCUT2D eigenvalue weighted by atomic mass is 9.97. The molecule has 0 spiro atoms. The van der Waals surface area contributed by atoms with Gasteiger partial charge in [-0.2, -0.15) is 0 Å². The van der Waals surface area contributed by atoms with Gasteiger partial charge in [0.1, 0.15) is 18.5 Å². The van der Waals surface area contributed by atoms with E-state index in [4.69, 9.17) is 4.74 Å². The van der Waals surface area contributed by atoms with Crippen molar-refractivity contribution in [1.82, 2.24) is 14.5 Å². The molecule has 1 amide bonds. The largest absolute Gasteiger partial charge is 0.457 e. The number of rotatable bonds is 10. The Hall–Kier alpha value is -3.53. The van der Waals surface area contributed by atoms with E-state index in [9.17, 15) is 18.0 Å². The van der Waals surface area contributed by atoms with Gasteiger partial charge in [-0.25, -0.2) is 23.2 Å². The Kier molecular flexibility index (Phi) is 8.38. The fourth-order valence-electron chi connectivity index (χ4n) is 4.41. The number of pyridine rings is 1. The SMILES string of the molecule is CC(C)S(=O)(=O)c1cn([C@@H](CC2CCCC2)C(=O)Nc2ccc(C(=O)OCc3ccccc3)cn2)cn1. The Morgan fingerprint density at radius 1 is 1.08 bits per heavy atom. The number of nitrogens with zero attached hydrogens (tertiary/aromatic N) is 3. The molecule has 10 heteroatoms. The highest BCUT2D eigenvalue weighted by Crippen LogP contribution is 2.33. The van der Waals surface area contributed by atoms with Gasteiger partial charge >= 0.3 is 5.97 Å². The monoisotopic (exact) mass is 524 g/mol. The molecule has 2 aromatic heterocycles. The van der Waals surface area contributed by atoms with Gasteiger partial charge in [0, 0.05) is 12.4 Å². The third-order valence-electron chi connectivity index (χ3n) is 6.65. The summed E-state index contributed by atoms with van der Waals surface area (Å²) in [6.07, 6.45) is 9.11. The second kappa shape index (κ2) is 11.7. The highest BCUT2D eigenvalue weighted by molar-refractivity contribution is 7.91. The normalized spacial score (nSPS) is 15.0. The van der Waals surface area contributed by atoms with Crippen molar-refractivity contribution in [3.05, 3.63) is 72.3 Å². The maximum atomic E-state index is 13.3. The summed E-state index contributed by atoms with van der Waals surface area (Å²) in [6, 6.07) is 11.8. The Balaban J connectivity index is 1.45. The molecular formula is C27H32N4O5S. The summed E-state index contributed by atoms with van der Waals surface area (Å²) in [7, 11) is -3.56. The minimum Gasteiger partial charge on any atom is -0.457 e. The van der Waals surface area contributed by atoms with Crippen LogP contribution >= 0.6 is 0 Å². The standard InChI is InChI=1S/C27H32N4O5S/c1-19(2)37(34,35)25-16-31(18-29-25)23(14-20-8-6-7-9-20)26(32)30-24-13-12-22(15-28-24)27(33)36-17-21-10-4-3-5-11-21/h3-5,10-13,15-16,18-20,23H,6-9,14,17H2,1-2H3,(H,28,30,32)/t23-/m0/s1. The summed E-state index contributed by atoms with van der Waals surface area (Å²) in [5.74, 6) is -0.162. The molecule has 0 saturated heterocycles. The third kappa shape index (κ3) is 6.62. The number of sulfone groups is 1. The van der Waals surface area contributed by atoms with Crippen LogP contribution in [0.5, 0.6) is 0 Å². The van der Waals surface area contributed by atoms with Crippen LogP contribution in [0.25, 0.3) is 0 Å². The van der Waals surface area contributed by atoms with E-state index in [1.165, 1.54) is 18.7 Å². The number of carbonyl (C=O) groups is 2. The van der Waals surface area contributed by atoms with Crippen molar-refractivity contribution in [1.29, 1.82) is 0 Å². The van der Waals surface area contributed by atoms with Crippen LogP contribution in [-0.2, 0) is 26.0 Å². The molecule has 37 heavy (non-hydrogen) atoms. The third-order valence-corrected chi connectivity index (χ3v) is 8.68. The molecule has 196 valence electrons. The lowest BCUT2D eigenvalue weighted by Crippen LogP contribution is -2.27. The average Bonchev–Trinajstić information content (AvgIpc) is 3.59. The topological polar surface area (TPSA) is 120 Å². The fraction of sp³-hybridized carbons (Fsp3) is 0.407. The fourth-order valence-corrected chi connectivity index (χ4v) is 5.35. The van der Waals surface area contributed by atoms with E-state index < -0.39 is 27.1 Å². The number of hydrogen-bond acceptors (Lipinski definition) is 7. The number of nitrogens with one attached hydrogen (secondary N) is 1. The Morgan fingerprint density at radius 3 is 2.46 bits per heavy atom. The minimum absolute atomic E-state index is 0.0387. The van der Waals surface area contributed by atoms with Gasteiger partial charge in [0.05, 0.1) is 17.1 Å². The number of esters is 1. The lowest BCUT2D eigenvalue weighted by molar-refractivity contribution is -0.119. The van der Waals surface area contributed by atoms with Crippen molar-refractivity contribution in [2.45, 2.75) is 68.9 Å². The molecule has 3 aromatic rings. The van der Waals surface area contributed by atoms with Gasteiger partial charge in [-0.05, 0) is 43.9 Å². The summed E-state index contributed by atoms with van der Waals surface area (Å²) in [5, 5.41) is 2.16. The van der Waals surface area contributed by atoms with Gasteiger partial charge in [-0.3, -0.25) is 4.79 Å². The number of amides is 1. The smallest absolute Gasteiger partial charge is 0.340 e. The average molecular weight is 525 g/mol. The van der Waals surface area contributed by atoms with E-state index in [1.54, 1.807) is 30.5 Å². The van der Waals surface area contributed by atoms with E-state index in [-0.39, 0.29) is 28.9 Å². The summed E-state index contributed by atoms with van der Waals surface area (Å²) in [4.78, 5) is 34.0. The van der Waals surface area contributed by atoms with Crippen LogP contribution in [0.2, 0.25) is 0 Å². The summed E-state index contributed by atoms with van der Waals surface area (Å²) in [6.45, 7) is 3.36. The second-order valence-corrected chi connectivity index (χ2v) is 12.1. The predicted octanol–water partition coefficient (Wildman–Crippen LogP) is 4.58. The molecule has 1 aliphatic carbocycles. The molecule has 4 rings (SSSR count). The number of ether oxygens (including phenoxy) is 1. The molecule has 1 fully saturated rings. The van der Waals surface area contributed by atoms with Gasteiger partial charge in [0.2, 0.25) is 5.91 Å². The zero-order chi connectivity index (χ0) is 26.4. The van der Waals surface area contributed by atoms with Crippen molar-refractivity contribution in [2.75, 3.05) is 5.32 Å². The molecule has 0 aliphatic heterocycles. The molecule has 1 aliphatic rings. The van der Waals surface area contributed by atoms with E-state index in [1.807, 2.05) is 30.3 Å². The van der Waals surface area contributed by atoms with E-state index >= 15 is 0 Å². The molecular weight excluding hydrogens is 492 g/mol. The van der Waals surface area contributed by atoms with Gasteiger partial charge in [-0.1, -0.05) is 56.0 Å². The van der Waals surface area contributed by atoms with Gasteiger partial charge in [0.15, 0.2) is 14.9 Å². The molecule has 1 aromatic carbocycles. The summed E-state index contributed by atoms with van der Waals surface area (Å²) in [5.41, 5.74) is 1.15. The van der Waals surface area contributed by atoms with Crippen molar-refractivity contribution >= 4 is 27.5 Å². The first kappa shape index (κ1) is 26.5. The van der Waals surface area contributed by atoms with Crippen LogP contribution in [0.3, 0.4) is 0 Å². The van der Waals surface area contributed by atoms with E-state index in [2.05, 4.69) is 15.3 Å². The first-order chi connectivity index (χ1) is 17.7. The number of carbonyl (C=O) groups excluding carboxylic acids is 2. The number of anilines is 1. The molecule has 9 nitrogen and oxygen atoms in total. The van der Waals surface area contributed by atoms with Gasteiger partial charge in [0.25, 0.3) is 0 Å². The van der Waals surface area contributed by atoms with Crippen molar-refractivity contribution in [2.24, 2.45) is 5.92 Å². The number of hydrogen-bond donors (Lipinski definition) is 1. The minimum atomic E-state index is -3.56. The zero-order valence-electron chi connectivity index (χ0n) is 21.0. The first-order valence-corrected chi connectivity index (χ1v) is 14.0. The van der Waals surface area contributed by atoms with Crippen LogP contribution in [0.1, 0.15) is 67.9 Å². The zero-order valence-corrected chi connectivity index (χ0v) is 21.9. The molecule has 2 heterocycles. The molecule has 0 radical (unpaired) electrons. The van der Waals surface area contributed by atoms with E-state index in [0.717, 1.165) is 31.2 Å². The van der Waals surface area contributed by atoms with Crippen LogP contribution in [0.4, 0.5) is 5.82 Å². The van der Waals surface area contributed by atoms with Crippen molar-refractivity contribution in [3.63, 3.8) is 0 Å². The van der Waals surface area contributed by atoms with Gasteiger partial charge in [-0.15, -0.1) is 0 Å². The second-order valence-electron chi connectivity index (χ2n) is 9.64. The molecule has 0 bridgehead atoms. The quantitative estimate of drug-likeness (QED) is 0.386. The molecule has 1 atom stereocenters. The van der Waals surface area contributed by atoms with Crippen LogP contribution in [0.15, 0.2) is 66.2 Å².